The second-order valence-corrected chi connectivity index (χ2v) is 8.25. The molecule has 4 nitrogen and oxygen atoms in total. The average Bonchev–Trinajstić information content (AvgIpc) is 2.59. The number of sulfonamides is 1. The van der Waals surface area contributed by atoms with Crippen molar-refractivity contribution in [3.8, 4) is 0 Å². The van der Waals surface area contributed by atoms with Crippen molar-refractivity contribution in [2.75, 3.05) is 10.0 Å². The van der Waals surface area contributed by atoms with Gasteiger partial charge in [0.2, 0.25) is 0 Å². The molecule has 120 valence electrons. The van der Waals surface area contributed by atoms with Crippen LogP contribution >= 0.6 is 11.8 Å². The molecule has 6 heteroatoms. The normalized spacial score (nSPS) is 13.2. The highest BCUT2D eigenvalue weighted by molar-refractivity contribution is 8.00. The van der Waals surface area contributed by atoms with Crippen molar-refractivity contribution in [3.63, 3.8) is 0 Å². The highest BCUT2D eigenvalue weighted by Gasteiger charge is 2.33. The van der Waals surface area contributed by atoms with Crippen LogP contribution in [0.25, 0.3) is 0 Å². The summed E-state index contributed by atoms with van der Waals surface area (Å²) in [5, 5.41) is 0. The first-order valence-electron chi connectivity index (χ1n) is 7.34. The summed E-state index contributed by atoms with van der Waals surface area (Å²) in [6, 6.07) is 21.3. The van der Waals surface area contributed by atoms with E-state index >= 15 is 0 Å². The summed E-state index contributed by atoms with van der Waals surface area (Å²) in [7, 11) is -3.74. The van der Waals surface area contributed by atoms with Crippen LogP contribution in [-0.2, 0) is 10.0 Å². The summed E-state index contributed by atoms with van der Waals surface area (Å²) < 4.78 is 28.0. The molecule has 3 aromatic carbocycles. The quantitative estimate of drug-likeness (QED) is 0.699. The van der Waals surface area contributed by atoms with Gasteiger partial charge in [0, 0.05) is 15.5 Å². The predicted octanol–water partition coefficient (Wildman–Crippen LogP) is 4.26. The highest BCUT2D eigenvalue weighted by atomic mass is 32.2. The Hall–Kier alpha value is -2.44. The number of fused-ring (bicyclic) bond motifs is 2. The van der Waals surface area contributed by atoms with Crippen LogP contribution in [0.5, 0.6) is 0 Å². The molecule has 0 fully saturated rings. The van der Waals surface area contributed by atoms with E-state index in [1.165, 1.54) is 16.4 Å². The molecule has 0 unspecified atom stereocenters. The van der Waals surface area contributed by atoms with Crippen LogP contribution in [-0.4, -0.2) is 8.42 Å². The molecule has 3 aromatic rings. The largest absolute Gasteiger partial charge is 0.399 e. The number of para-hydroxylation sites is 2. The number of hydrogen-bond acceptors (Lipinski definition) is 4. The van der Waals surface area contributed by atoms with Gasteiger partial charge in [0.15, 0.2) is 0 Å². The molecule has 0 aliphatic carbocycles. The van der Waals surface area contributed by atoms with E-state index in [0.717, 1.165) is 9.79 Å². The van der Waals surface area contributed by atoms with Gasteiger partial charge in [-0.25, -0.2) is 12.7 Å². The van der Waals surface area contributed by atoms with Gasteiger partial charge in [-0.15, -0.1) is 0 Å². The fourth-order valence-corrected chi connectivity index (χ4v) is 5.38. The number of nitrogens with zero attached hydrogens (tertiary/aromatic N) is 1. The first kappa shape index (κ1) is 15.1. The molecule has 1 aliphatic rings. The molecule has 0 bridgehead atoms. The standard InChI is InChI=1S/C18H14N2O2S2/c19-13-9-11-14(12-10-13)24(21,22)20-15-5-1-3-7-17(15)23-18-8-4-2-6-16(18)20/h1-12H,19H2. The van der Waals surface area contributed by atoms with Gasteiger partial charge in [0.05, 0.1) is 16.3 Å². The summed E-state index contributed by atoms with van der Waals surface area (Å²) in [6.45, 7) is 0. The number of nitrogen functional groups attached to an aromatic ring is 1. The van der Waals surface area contributed by atoms with E-state index in [1.807, 2.05) is 48.5 Å². The van der Waals surface area contributed by atoms with E-state index in [0.29, 0.717) is 17.1 Å². The van der Waals surface area contributed by atoms with Gasteiger partial charge in [0.1, 0.15) is 0 Å². The third kappa shape index (κ3) is 2.35. The zero-order valence-electron chi connectivity index (χ0n) is 12.6. The molecule has 0 radical (unpaired) electrons. The molecular formula is C18H14N2O2S2. The van der Waals surface area contributed by atoms with Crippen LogP contribution in [0.15, 0.2) is 87.5 Å². The lowest BCUT2D eigenvalue weighted by molar-refractivity contribution is 0.595. The SMILES string of the molecule is Nc1ccc(S(=O)(=O)N2c3ccccc3Sc3ccccc32)cc1. The maximum atomic E-state index is 13.3. The maximum absolute atomic E-state index is 13.3. The lowest BCUT2D eigenvalue weighted by atomic mass is 10.2. The second kappa shape index (κ2) is 5.58. The Labute approximate surface area is 145 Å². The van der Waals surface area contributed by atoms with E-state index < -0.39 is 10.0 Å². The van der Waals surface area contributed by atoms with E-state index in [-0.39, 0.29) is 4.90 Å². The molecule has 0 saturated heterocycles. The van der Waals surface area contributed by atoms with Gasteiger partial charge in [0.25, 0.3) is 10.0 Å². The molecule has 1 heterocycles. The summed E-state index contributed by atoms with van der Waals surface area (Å²) >= 11 is 1.57. The molecule has 0 atom stereocenters. The number of nitrogens with two attached hydrogens (primary N) is 1. The number of rotatable bonds is 2. The first-order chi connectivity index (χ1) is 11.6. The summed E-state index contributed by atoms with van der Waals surface area (Å²) in [5.41, 5.74) is 7.55. The predicted molar refractivity (Wildman–Crippen MR) is 97.2 cm³/mol. The van der Waals surface area contributed by atoms with Crippen molar-refractivity contribution in [1.29, 1.82) is 0 Å². The van der Waals surface area contributed by atoms with Gasteiger partial charge in [-0.1, -0.05) is 36.0 Å². The van der Waals surface area contributed by atoms with Crippen molar-refractivity contribution in [2.24, 2.45) is 0 Å². The van der Waals surface area contributed by atoms with Gasteiger partial charge in [-0.05, 0) is 48.5 Å². The summed E-state index contributed by atoms with van der Waals surface area (Å²) in [4.78, 5) is 2.04. The monoisotopic (exact) mass is 354 g/mol. The van der Waals surface area contributed by atoms with E-state index in [4.69, 9.17) is 5.73 Å². The number of anilines is 3. The molecule has 0 saturated carbocycles. The first-order valence-corrected chi connectivity index (χ1v) is 9.60. The zero-order chi connectivity index (χ0) is 16.7. The minimum atomic E-state index is -3.74. The van der Waals surface area contributed by atoms with Gasteiger partial charge in [-0.2, -0.15) is 0 Å². The smallest absolute Gasteiger partial charge is 0.268 e. The Morgan fingerprint density at radius 1 is 0.750 bits per heavy atom. The summed E-state index contributed by atoms with van der Waals surface area (Å²) in [5.74, 6) is 0. The zero-order valence-corrected chi connectivity index (χ0v) is 14.2. The van der Waals surface area contributed by atoms with Gasteiger partial charge in [-0.3, -0.25) is 0 Å². The summed E-state index contributed by atoms with van der Waals surface area (Å²) in [6.07, 6.45) is 0. The lowest BCUT2D eigenvalue weighted by Crippen LogP contribution is -2.28. The number of benzene rings is 3. The molecule has 0 spiro atoms. The minimum Gasteiger partial charge on any atom is -0.399 e. The van der Waals surface area contributed by atoms with Crippen molar-refractivity contribution >= 4 is 38.8 Å². The molecule has 4 rings (SSSR count). The third-order valence-electron chi connectivity index (χ3n) is 3.81. The Bertz CT molecular complexity index is 970. The van der Waals surface area contributed by atoms with Crippen molar-refractivity contribution in [3.05, 3.63) is 72.8 Å². The Morgan fingerprint density at radius 2 is 1.25 bits per heavy atom. The molecule has 0 amide bonds. The van der Waals surface area contributed by atoms with Crippen LogP contribution in [0, 0.1) is 0 Å². The Balaban J connectivity index is 1.96. The van der Waals surface area contributed by atoms with Gasteiger partial charge >= 0.3 is 0 Å². The van der Waals surface area contributed by atoms with Crippen LogP contribution in [0.2, 0.25) is 0 Å². The second-order valence-electron chi connectivity index (χ2n) is 5.38. The topological polar surface area (TPSA) is 63.4 Å². The highest BCUT2D eigenvalue weighted by Crippen LogP contribution is 2.49. The van der Waals surface area contributed by atoms with E-state index in [1.54, 1.807) is 23.9 Å². The molecule has 1 aliphatic heterocycles. The molecular weight excluding hydrogens is 340 g/mol. The molecule has 0 aromatic heterocycles. The minimum absolute atomic E-state index is 0.216. The van der Waals surface area contributed by atoms with Crippen LogP contribution < -0.4 is 10.0 Å². The maximum Gasteiger partial charge on any atom is 0.268 e. The van der Waals surface area contributed by atoms with Gasteiger partial charge < -0.3 is 5.73 Å². The van der Waals surface area contributed by atoms with E-state index in [2.05, 4.69) is 0 Å². The molecule has 2 N–H and O–H groups in total. The fourth-order valence-electron chi connectivity index (χ4n) is 2.67. The lowest BCUT2D eigenvalue weighted by Gasteiger charge is -2.31. The van der Waals surface area contributed by atoms with Crippen LogP contribution in [0.3, 0.4) is 0 Å². The Kier molecular flexibility index (Phi) is 3.51. The number of hydrogen-bond donors (Lipinski definition) is 1. The Morgan fingerprint density at radius 3 is 1.79 bits per heavy atom. The van der Waals surface area contributed by atoms with Crippen molar-refractivity contribution in [2.45, 2.75) is 14.7 Å². The average molecular weight is 354 g/mol. The molecule has 24 heavy (non-hydrogen) atoms. The van der Waals surface area contributed by atoms with Crippen molar-refractivity contribution < 1.29 is 8.42 Å². The van der Waals surface area contributed by atoms with E-state index in [9.17, 15) is 8.42 Å². The van der Waals surface area contributed by atoms with Crippen LogP contribution in [0.1, 0.15) is 0 Å². The fraction of sp³-hybridized carbons (Fsp3) is 0. The van der Waals surface area contributed by atoms with Crippen LogP contribution in [0.4, 0.5) is 17.1 Å². The van der Waals surface area contributed by atoms with Crippen molar-refractivity contribution in [1.82, 2.24) is 0 Å². The third-order valence-corrected chi connectivity index (χ3v) is 6.68.